The van der Waals surface area contributed by atoms with Crippen molar-refractivity contribution >= 4 is 17.4 Å². The molecule has 1 saturated heterocycles. The summed E-state index contributed by atoms with van der Waals surface area (Å²) in [5, 5.41) is 12.3. The number of ketones is 1. The van der Waals surface area contributed by atoms with Gasteiger partial charge >= 0.3 is 0 Å². The minimum atomic E-state index is -0.180. The predicted octanol–water partition coefficient (Wildman–Crippen LogP) is 4.27. The van der Waals surface area contributed by atoms with Crippen LogP contribution in [0.25, 0.3) is 0 Å². The maximum Gasteiger partial charge on any atom is 0.241 e. The summed E-state index contributed by atoms with van der Waals surface area (Å²) < 4.78 is 0. The predicted molar refractivity (Wildman–Crippen MR) is 115 cm³/mol. The second-order valence-corrected chi connectivity index (χ2v) is 7.98. The lowest BCUT2D eigenvalue weighted by Crippen LogP contribution is -2.46. The third-order valence-corrected chi connectivity index (χ3v) is 5.91. The van der Waals surface area contributed by atoms with Crippen molar-refractivity contribution in [3.63, 3.8) is 0 Å². The smallest absolute Gasteiger partial charge is 0.241 e. The van der Waals surface area contributed by atoms with Gasteiger partial charge in [-0.25, -0.2) is 0 Å². The average molecular weight is 395 g/mol. The summed E-state index contributed by atoms with van der Waals surface area (Å²) in [6.07, 6.45) is 4.37. The number of nitrogens with zero attached hydrogens (tertiary/aromatic N) is 1. The Kier molecular flexibility index (Phi) is 7.04. The Morgan fingerprint density at radius 3 is 2.28 bits per heavy atom. The van der Waals surface area contributed by atoms with Crippen molar-refractivity contribution in [1.29, 1.82) is 0 Å². The number of carbonyl (C=O) groups excluding carboxylic acids is 2. The number of anilines is 1. The van der Waals surface area contributed by atoms with Crippen molar-refractivity contribution in [3.05, 3.63) is 59.7 Å². The lowest BCUT2D eigenvalue weighted by Gasteiger charge is -2.35. The summed E-state index contributed by atoms with van der Waals surface area (Å²) in [6.45, 7) is 5.34. The Morgan fingerprint density at radius 2 is 1.69 bits per heavy atom. The van der Waals surface area contributed by atoms with Crippen LogP contribution >= 0.6 is 0 Å². The number of benzene rings is 2. The quantitative estimate of drug-likeness (QED) is 0.688. The molecular weight excluding hydrogens is 364 g/mol. The molecule has 2 N–H and O–H groups in total. The third kappa shape index (κ3) is 5.91. The first-order chi connectivity index (χ1) is 13.9. The Bertz CT molecular complexity index is 822. The molecule has 1 heterocycles. The number of amides is 1. The topological polar surface area (TPSA) is 69.6 Å². The number of piperidine rings is 1. The number of carbonyl (C=O) groups is 2. The van der Waals surface area contributed by atoms with Gasteiger partial charge in [0.25, 0.3) is 0 Å². The first-order valence-electron chi connectivity index (χ1n) is 10.4. The van der Waals surface area contributed by atoms with E-state index in [0.29, 0.717) is 17.2 Å². The fourth-order valence-electron chi connectivity index (χ4n) is 3.86. The van der Waals surface area contributed by atoms with E-state index in [1.165, 1.54) is 12.5 Å². The molecule has 0 spiro atoms. The molecule has 5 heteroatoms. The van der Waals surface area contributed by atoms with Crippen LogP contribution in [0.2, 0.25) is 0 Å². The van der Waals surface area contributed by atoms with Crippen molar-refractivity contribution in [1.82, 2.24) is 4.90 Å². The van der Waals surface area contributed by atoms with Crippen LogP contribution in [0.5, 0.6) is 5.75 Å². The Hall–Kier alpha value is -2.66. The molecule has 0 bridgehead atoms. The molecule has 0 saturated carbocycles. The molecule has 0 aromatic heterocycles. The van der Waals surface area contributed by atoms with E-state index in [4.69, 9.17) is 0 Å². The van der Waals surface area contributed by atoms with Gasteiger partial charge in [0.1, 0.15) is 5.75 Å². The molecule has 2 aromatic rings. The summed E-state index contributed by atoms with van der Waals surface area (Å²) in [5.41, 5.74) is 2.62. The zero-order chi connectivity index (χ0) is 20.8. The number of rotatable bonds is 7. The van der Waals surface area contributed by atoms with Gasteiger partial charge in [0.2, 0.25) is 5.91 Å². The van der Waals surface area contributed by atoms with E-state index in [-0.39, 0.29) is 17.7 Å². The lowest BCUT2D eigenvalue weighted by molar-refractivity contribution is -0.121. The summed E-state index contributed by atoms with van der Waals surface area (Å²) >= 11 is 0. The van der Waals surface area contributed by atoms with E-state index < -0.39 is 0 Å². The van der Waals surface area contributed by atoms with Gasteiger partial charge in [0, 0.05) is 11.3 Å². The maximum absolute atomic E-state index is 12.6. The molecule has 3 rings (SSSR count). The molecule has 29 heavy (non-hydrogen) atoms. The van der Waals surface area contributed by atoms with E-state index in [1.54, 1.807) is 36.4 Å². The standard InChI is InChI=1S/C24H30N2O3/c1-17(24(29)25-22-9-7-21(8-10-22)18(2)27)26-15-13-20(14-16-26)4-3-19-5-11-23(28)12-6-19/h5-12,17,20,28H,3-4,13-16H2,1-2H3,(H,25,29). The fourth-order valence-corrected chi connectivity index (χ4v) is 3.86. The summed E-state index contributed by atoms with van der Waals surface area (Å²) in [7, 11) is 0. The van der Waals surface area contributed by atoms with Gasteiger partial charge in [0.05, 0.1) is 6.04 Å². The highest BCUT2D eigenvalue weighted by Crippen LogP contribution is 2.24. The lowest BCUT2D eigenvalue weighted by atomic mass is 9.90. The first-order valence-corrected chi connectivity index (χ1v) is 10.4. The Labute approximate surface area is 172 Å². The second-order valence-electron chi connectivity index (χ2n) is 7.98. The molecule has 5 nitrogen and oxygen atoms in total. The Balaban J connectivity index is 1.43. The van der Waals surface area contributed by atoms with Gasteiger partial charge in [-0.15, -0.1) is 0 Å². The van der Waals surface area contributed by atoms with Crippen LogP contribution in [-0.4, -0.2) is 40.8 Å². The highest BCUT2D eigenvalue weighted by atomic mass is 16.3. The van der Waals surface area contributed by atoms with Gasteiger partial charge in [-0.05, 0) is 100 Å². The van der Waals surface area contributed by atoms with Crippen molar-refractivity contribution in [2.75, 3.05) is 18.4 Å². The molecule has 1 unspecified atom stereocenters. The minimum Gasteiger partial charge on any atom is -0.508 e. The van der Waals surface area contributed by atoms with E-state index in [2.05, 4.69) is 10.2 Å². The van der Waals surface area contributed by atoms with Gasteiger partial charge in [-0.3, -0.25) is 14.5 Å². The number of likely N-dealkylation sites (tertiary alicyclic amines) is 1. The van der Waals surface area contributed by atoms with Gasteiger partial charge in [-0.2, -0.15) is 0 Å². The minimum absolute atomic E-state index is 0.0110. The van der Waals surface area contributed by atoms with Crippen LogP contribution in [0.4, 0.5) is 5.69 Å². The van der Waals surface area contributed by atoms with Gasteiger partial charge < -0.3 is 10.4 Å². The molecule has 154 valence electrons. The second kappa shape index (κ2) is 9.70. The Morgan fingerprint density at radius 1 is 1.07 bits per heavy atom. The maximum atomic E-state index is 12.6. The van der Waals surface area contributed by atoms with Crippen LogP contribution < -0.4 is 5.32 Å². The number of hydrogen-bond donors (Lipinski definition) is 2. The van der Waals surface area contributed by atoms with Gasteiger partial charge in [-0.1, -0.05) is 12.1 Å². The van der Waals surface area contributed by atoms with E-state index in [0.717, 1.165) is 44.5 Å². The number of aromatic hydroxyl groups is 1. The zero-order valence-electron chi connectivity index (χ0n) is 17.2. The van der Waals surface area contributed by atoms with E-state index in [1.807, 2.05) is 19.1 Å². The molecule has 0 aliphatic carbocycles. The van der Waals surface area contributed by atoms with E-state index >= 15 is 0 Å². The molecule has 1 atom stereocenters. The van der Waals surface area contributed by atoms with Crippen LogP contribution in [0.1, 0.15) is 49.0 Å². The number of nitrogens with one attached hydrogen (secondary N) is 1. The van der Waals surface area contributed by atoms with Crippen molar-refractivity contribution in [2.45, 2.75) is 45.6 Å². The van der Waals surface area contributed by atoms with Gasteiger partial charge in [0.15, 0.2) is 5.78 Å². The number of hydrogen-bond acceptors (Lipinski definition) is 4. The van der Waals surface area contributed by atoms with Crippen LogP contribution in [0, 0.1) is 5.92 Å². The normalized spacial score (nSPS) is 16.3. The summed E-state index contributed by atoms with van der Waals surface area (Å²) in [5.74, 6) is 0.992. The summed E-state index contributed by atoms with van der Waals surface area (Å²) in [6, 6.07) is 14.3. The van der Waals surface area contributed by atoms with Crippen molar-refractivity contribution in [3.8, 4) is 5.75 Å². The number of aryl methyl sites for hydroxylation is 1. The number of Topliss-reactive ketones (excluding diaryl/α,β-unsaturated/α-hetero) is 1. The molecule has 0 radical (unpaired) electrons. The number of phenols is 1. The van der Waals surface area contributed by atoms with E-state index in [9.17, 15) is 14.7 Å². The fraction of sp³-hybridized carbons (Fsp3) is 0.417. The van der Waals surface area contributed by atoms with Crippen molar-refractivity contribution in [2.24, 2.45) is 5.92 Å². The average Bonchev–Trinajstić information content (AvgIpc) is 2.73. The monoisotopic (exact) mass is 394 g/mol. The van der Waals surface area contributed by atoms with Crippen LogP contribution in [0.3, 0.4) is 0 Å². The molecule has 1 amide bonds. The highest BCUT2D eigenvalue weighted by molar-refractivity contribution is 5.96. The van der Waals surface area contributed by atoms with Crippen LogP contribution in [0.15, 0.2) is 48.5 Å². The molecule has 1 aliphatic heterocycles. The van der Waals surface area contributed by atoms with Crippen molar-refractivity contribution < 1.29 is 14.7 Å². The molecule has 1 fully saturated rings. The third-order valence-electron chi connectivity index (χ3n) is 5.91. The molecular formula is C24H30N2O3. The SMILES string of the molecule is CC(=O)c1ccc(NC(=O)C(C)N2CCC(CCc3ccc(O)cc3)CC2)cc1. The first kappa shape index (κ1) is 21.1. The zero-order valence-corrected chi connectivity index (χ0v) is 17.2. The summed E-state index contributed by atoms with van der Waals surface area (Å²) in [4.78, 5) is 26.2. The molecule has 1 aliphatic rings. The van der Waals surface area contributed by atoms with Crippen LogP contribution in [-0.2, 0) is 11.2 Å². The number of phenolic OH excluding ortho intramolecular Hbond substituents is 1. The largest absolute Gasteiger partial charge is 0.508 e. The highest BCUT2D eigenvalue weighted by Gasteiger charge is 2.26. The molecule has 2 aromatic carbocycles.